The third-order valence-electron chi connectivity index (χ3n) is 4.77. The van der Waals surface area contributed by atoms with Crippen molar-refractivity contribution in [2.24, 2.45) is 0 Å². The fraction of sp³-hybridized carbons (Fsp3) is 0.333. The number of carbonyl (C=O) groups is 2. The van der Waals surface area contributed by atoms with E-state index in [4.69, 9.17) is 9.47 Å². The Kier molecular flexibility index (Phi) is 6.86. The number of methoxy groups -OCH3 is 1. The van der Waals surface area contributed by atoms with Gasteiger partial charge in [-0.1, -0.05) is 12.1 Å². The van der Waals surface area contributed by atoms with Crippen LogP contribution in [0.2, 0.25) is 0 Å². The topological polar surface area (TPSA) is 99.2 Å². The molecule has 178 valence electrons. The van der Waals surface area contributed by atoms with E-state index in [-0.39, 0.29) is 24.5 Å². The van der Waals surface area contributed by atoms with Crippen LogP contribution in [-0.2, 0) is 41.7 Å². The molecule has 33 heavy (non-hydrogen) atoms. The molecule has 12 heteroatoms. The second-order valence-corrected chi connectivity index (χ2v) is 8.84. The van der Waals surface area contributed by atoms with Crippen LogP contribution in [0.5, 0.6) is 5.75 Å². The zero-order valence-corrected chi connectivity index (χ0v) is 18.4. The van der Waals surface area contributed by atoms with Crippen molar-refractivity contribution in [1.82, 2.24) is 0 Å². The van der Waals surface area contributed by atoms with Gasteiger partial charge in [0.05, 0.1) is 42.8 Å². The van der Waals surface area contributed by atoms with E-state index in [1.165, 1.54) is 25.3 Å². The van der Waals surface area contributed by atoms with Gasteiger partial charge in [-0.2, -0.15) is 13.2 Å². The van der Waals surface area contributed by atoms with E-state index in [1.54, 1.807) is 6.92 Å². The van der Waals surface area contributed by atoms with Gasteiger partial charge >= 0.3 is 18.1 Å². The second kappa shape index (κ2) is 9.30. The van der Waals surface area contributed by atoms with E-state index < -0.39 is 51.2 Å². The highest BCUT2D eigenvalue weighted by Gasteiger charge is 2.39. The fourth-order valence-corrected chi connectivity index (χ4v) is 4.71. The number of nitrogens with zero attached hydrogens (tertiary/aromatic N) is 1. The molecule has 0 saturated carbocycles. The van der Waals surface area contributed by atoms with E-state index in [1.807, 2.05) is 0 Å². The Labute approximate surface area is 187 Å². The Hall–Kier alpha value is -3.28. The summed E-state index contributed by atoms with van der Waals surface area (Å²) in [5.41, 5.74) is -0.796. The van der Waals surface area contributed by atoms with Crippen LogP contribution in [0, 0.1) is 0 Å². The highest BCUT2D eigenvalue weighted by Crippen LogP contribution is 2.39. The molecule has 0 spiro atoms. The number of carbonyl (C=O) groups excluding carboxylic acids is 2. The number of rotatable bonds is 6. The smallest absolute Gasteiger partial charge is 0.416 e. The number of halogens is 3. The first-order valence-corrected chi connectivity index (χ1v) is 11.1. The molecule has 0 aliphatic carbocycles. The number of benzene rings is 2. The van der Waals surface area contributed by atoms with Crippen LogP contribution in [-0.4, -0.2) is 46.7 Å². The van der Waals surface area contributed by atoms with E-state index in [0.717, 1.165) is 22.5 Å². The van der Waals surface area contributed by atoms with Crippen LogP contribution in [0.4, 0.5) is 18.9 Å². The van der Waals surface area contributed by atoms with Gasteiger partial charge in [0.1, 0.15) is 5.75 Å². The maximum atomic E-state index is 13.4. The van der Waals surface area contributed by atoms with E-state index in [9.17, 15) is 31.2 Å². The molecule has 0 amide bonds. The standard InChI is InChI=1S/C21H20F3NO7S/c1-3-31-20(27)18-12-25(16-9-13(10-19(26)30-2)7-8-17(16)32-18)33(28,29)15-6-4-5-14(11-15)21(22,23)24/h4-9,11,18H,3,10,12H2,1-2H3/t18-/m0/s1. The van der Waals surface area contributed by atoms with Crippen molar-refractivity contribution in [2.75, 3.05) is 24.6 Å². The predicted molar refractivity (Wildman–Crippen MR) is 109 cm³/mol. The average molecular weight is 487 g/mol. The third kappa shape index (κ3) is 5.21. The Morgan fingerprint density at radius 3 is 2.55 bits per heavy atom. The number of hydrogen-bond donors (Lipinski definition) is 0. The minimum absolute atomic E-state index is 0.0107. The van der Waals surface area contributed by atoms with Crippen LogP contribution >= 0.6 is 0 Å². The monoisotopic (exact) mass is 487 g/mol. The molecule has 0 radical (unpaired) electrons. The molecule has 1 atom stereocenters. The number of hydrogen-bond acceptors (Lipinski definition) is 7. The Morgan fingerprint density at radius 1 is 1.18 bits per heavy atom. The summed E-state index contributed by atoms with van der Waals surface area (Å²) in [5, 5.41) is 0. The number of esters is 2. The van der Waals surface area contributed by atoms with Gasteiger partial charge in [-0.3, -0.25) is 9.10 Å². The Balaban J connectivity index is 2.10. The molecule has 0 bridgehead atoms. The Morgan fingerprint density at radius 2 is 1.91 bits per heavy atom. The molecule has 0 unspecified atom stereocenters. The zero-order chi connectivity index (χ0) is 24.4. The van der Waals surface area contributed by atoms with E-state index >= 15 is 0 Å². The molecule has 2 aromatic carbocycles. The normalized spacial score (nSPS) is 15.9. The number of ether oxygens (including phenoxy) is 3. The molecule has 0 N–H and O–H groups in total. The summed E-state index contributed by atoms with van der Waals surface area (Å²) in [7, 11) is -3.37. The molecular weight excluding hydrogens is 467 g/mol. The molecule has 1 aliphatic rings. The van der Waals surface area contributed by atoms with Gasteiger partial charge in [-0.05, 0) is 42.8 Å². The maximum Gasteiger partial charge on any atom is 0.416 e. The molecule has 2 aromatic rings. The van der Waals surface area contributed by atoms with Gasteiger partial charge in [0.2, 0.25) is 6.10 Å². The van der Waals surface area contributed by atoms with Gasteiger partial charge < -0.3 is 14.2 Å². The zero-order valence-electron chi connectivity index (χ0n) is 17.6. The Bertz CT molecular complexity index is 1160. The lowest BCUT2D eigenvalue weighted by molar-refractivity contribution is -0.151. The van der Waals surface area contributed by atoms with Gasteiger partial charge in [-0.25, -0.2) is 13.2 Å². The molecule has 8 nitrogen and oxygen atoms in total. The lowest BCUT2D eigenvalue weighted by Crippen LogP contribution is -2.47. The molecule has 3 rings (SSSR count). The van der Waals surface area contributed by atoms with Crippen molar-refractivity contribution in [1.29, 1.82) is 0 Å². The van der Waals surface area contributed by atoms with Crippen LogP contribution in [0.1, 0.15) is 18.1 Å². The van der Waals surface area contributed by atoms with Gasteiger partial charge in [0, 0.05) is 0 Å². The van der Waals surface area contributed by atoms with Crippen molar-refractivity contribution in [3.05, 3.63) is 53.6 Å². The molecule has 0 saturated heterocycles. The lowest BCUT2D eigenvalue weighted by atomic mass is 10.1. The van der Waals surface area contributed by atoms with Crippen molar-refractivity contribution < 1.29 is 45.4 Å². The molecule has 1 heterocycles. The molecule has 0 fully saturated rings. The quantitative estimate of drug-likeness (QED) is 0.578. The summed E-state index contributed by atoms with van der Waals surface area (Å²) in [6.07, 6.45) is -6.28. The van der Waals surface area contributed by atoms with Gasteiger partial charge in [0.15, 0.2) is 0 Å². The number of sulfonamides is 1. The summed E-state index contributed by atoms with van der Waals surface area (Å²) in [6, 6.07) is 7.47. The predicted octanol–water partition coefficient (Wildman–Crippen LogP) is 2.94. The molecule has 0 aromatic heterocycles. The van der Waals surface area contributed by atoms with Gasteiger partial charge in [-0.15, -0.1) is 0 Å². The number of fused-ring (bicyclic) bond motifs is 1. The first-order valence-electron chi connectivity index (χ1n) is 9.70. The van der Waals surface area contributed by atoms with Crippen LogP contribution < -0.4 is 9.04 Å². The van der Waals surface area contributed by atoms with E-state index in [0.29, 0.717) is 11.6 Å². The minimum Gasteiger partial charge on any atom is -0.475 e. The maximum absolute atomic E-state index is 13.4. The van der Waals surface area contributed by atoms with Crippen molar-refractivity contribution >= 4 is 27.6 Å². The third-order valence-corrected chi connectivity index (χ3v) is 6.54. The highest BCUT2D eigenvalue weighted by atomic mass is 32.2. The second-order valence-electron chi connectivity index (χ2n) is 6.98. The average Bonchev–Trinajstić information content (AvgIpc) is 2.77. The largest absolute Gasteiger partial charge is 0.475 e. The number of alkyl halides is 3. The van der Waals surface area contributed by atoms with Crippen LogP contribution in [0.25, 0.3) is 0 Å². The SMILES string of the molecule is CCOC(=O)[C@@H]1CN(S(=O)(=O)c2cccc(C(F)(F)F)c2)c2cc(CC(=O)OC)ccc2O1. The lowest BCUT2D eigenvalue weighted by Gasteiger charge is -2.34. The van der Waals surface area contributed by atoms with Crippen LogP contribution in [0.3, 0.4) is 0 Å². The first kappa shape index (κ1) is 24.4. The van der Waals surface area contributed by atoms with E-state index in [2.05, 4.69) is 4.74 Å². The summed E-state index contributed by atoms with van der Waals surface area (Å²) in [5.74, 6) is -1.42. The summed E-state index contributed by atoms with van der Waals surface area (Å²) < 4.78 is 82.2. The first-order chi connectivity index (χ1) is 15.5. The van der Waals surface area contributed by atoms with Crippen molar-refractivity contribution in [3.63, 3.8) is 0 Å². The summed E-state index contributed by atoms with van der Waals surface area (Å²) in [4.78, 5) is 23.3. The fourth-order valence-electron chi connectivity index (χ4n) is 3.19. The van der Waals surface area contributed by atoms with Crippen LogP contribution in [0.15, 0.2) is 47.4 Å². The highest BCUT2D eigenvalue weighted by molar-refractivity contribution is 7.92. The van der Waals surface area contributed by atoms with Crippen molar-refractivity contribution in [3.8, 4) is 5.75 Å². The summed E-state index contributed by atoms with van der Waals surface area (Å²) >= 11 is 0. The minimum atomic E-state index is -4.75. The van der Waals surface area contributed by atoms with Crippen molar-refractivity contribution in [2.45, 2.75) is 30.5 Å². The molecule has 1 aliphatic heterocycles. The number of anilines is 1. The molecular formula is C21H20F3NO7S. The summed E-state index contributed by atoms with van der Waals surface area (Å²) in [6.45, 7) is 1.04. The van der Waals surface area contributed by atoms with Gasteiger partial charge in [0.25, 0.3) is 10.0 Å².